The minimum atomic E-state index is 0.531. The number of rotatable bonds is 3. The van der Waals surface area contributed by atoms with E-state index in [1.165, 1.54) is 0 Å². The molecule has 3 aromatic rings. The highest BCUT2D eigenvalue weighted by molar-refractivity contribution is 5.50. The Balaban J connectivity index is 1.90. The molecule has 0 N–H and O–H groups in total. The molecule has 0 aliphatic carbocycles. The number of pyridine rings is 1. The molecule has 104 valence electrons. The Bertz CT molecular complexity index is 771. The van der Waals surface area contributed by atoms with Crippen LogP contribution in [0.25, 0.3) is 11.5 Å². The second kappa shape index (κ2) is 5.71. The molecule has 0 atom stereocenters. The second-order valence-electron chi connectivity index (χ2n) is 4.80. The van der Waals surface area contributed by atoms with Crippen molar-refractivity contribution in [3.63, 3.8) is 0 Å². The fraction of sp³-hybridized carbons (Fsp3) is 0.118. The number of aryl methyl sites for hydroxylation is 2. The van der Waals surface area contributed by atoms with Crippen LogP contribution >= 0.6 is 0 Å². The smallest absolute Gasteiger partial charge is 0.219 e. The van der Waals surface area contributed by atoms with E-state index in [0.29, 0.717) is 17.4 Å². The first-order chi connectivity index (χ1) is 10.2. The molecule has 0 saturated heterocycles. The lowest BCUT2D eigenvalue weighted by atomic mass is 10.2. The van der Waals surface area contributed by atoms with Crippen molar-refractivity contribution in [1.82, 2.24) is 15.0 Å². The van der Waals surface area contributed by atoms with Crippen LogP contribution in [0, 0.1) is 13.8 Å². The summed E-state index contributed by atoms with van der Waals surface area (Å²) in [6.45, 7) is 3.95. The molecular formula is C17H15N3O. The van der Waals surface area contributed by atoms with Gasteiger partial charge in [-0.05, 0) is 43.7 Å². The maximum Gasteiger partial charge on any atom is 0.219 e. The van der Waals surface area contributed by atoms with E-state index in [1.807, 2.05) is 62.4 Å². The Hall–Kier alpha value is -2.75. The molecular weight excluding hydrogens is 262 g/mol. The Morgan fingerprint density at radius 2 is 1.76 bits per heavy atom. The third-order valence-electron chi connectivity index (χ3n) is 2.96. The highest BCUT2D eigenvalue weighted by atomic mass is 16.5. The number of nitrogens with zero attached hydrogens (tertiary/aromatic N) is 3. The number of aromatic nitrogens is 3. The SMILES string of the molecule is Cc1cccc(Oc2cccc(-c3nccc(C)n3)n2)c1. The summed E-state index contributed by atoms with van der Waals surface area (Å²) in [5.41, 5.74) is 2.75. The maximum atomic E-state index is 5.78. The van der Waals surface area contributed by atoms with E-state index in [9.17, 15) is 0 Å². The van der Waals surface area contributed by atoms with Crippen molar-refractivity contribution in [1.29, 1.82) is 0 Å². The molecule has 3 rings (SSSR count). The van der Waals surface area contributed by atoms with E-state index in [-0.39, 0.29) is 0 Å². The van der Waals surface area contributed by atoms with Crippen LogP contribution < -0.4 is 4.74 Å². The summed E-state index contributed by atoms with van der Waals surface area (Å²) in [5.74, 6) is 1.90. The van der Waals surface area contributed by atoms with E-state index in [4.69, 9.17) is 4.74 Å². The number of benzene rings is 1. The fourth-order valence-electron chi connectivity index (χ4n) is 1.97. The Morgan fingerprint density at radius 3 is 2.57 bits per heavy atom. The first-order valence-electron chi connectivity index (χ1n) is 6.72. The summed E-state index contributed by atoms with van der Waals surface area (Å²) in [6, 6.07) is 15.3. The van der Waals surface area contributed by atoms with Gasteiger partial charge in [0.2, 0.25) is 5.88 Å². The van der Waals surface area contributed by atoms with Crippen molar-refractivity contribution in [2.75, 3.05) is 0 Å². The molecule has 0 amide bonds. The fourth-order valence-corrected chi connectivity index (χ4v) is 1.97. The Kier molecular flexibility index (Phi) is 3.60. The molecule has 1 aromatic carbocycles. The zero-order valence-electron chi connectivity index (χ0n) is 11.9. The summed E-state index contributed by atoms with van der Waals surface area (Å²) in [4.78, 5) is 13.1. The quantitative estimate of drug-likeness (QED) is 0.727. The van der Waals surface area contributed by atoms with Gasteiger partial charge in [0.25, 0.3) is 0 Å². The first kappa shape index (κ1) is 13.2. The molecule has 0 spiro atoms. The lowest BCUT2D eigenvalue weighted by molar-refractivity contribution is 0.463. The van der Waals surface area contributed by atoms with Crippen LogP contribution in [-0.2, 0) is 0 Å². The third kappa shape index (κ3) is 3.23. The molecule has 0 aliphatic rings. The van der Waals surface area contributed by atoms with Gasteiger partial charge in [-0.3, -0.25) is 0 Å². The van der Waals surface area contributed by atoms with E-state index >= 15 is 0 Å². The van der Waals surface area contributed by atoms with Crippen LogP contribution in [0.15, 0.2) is 54.7 Å². The second-order valence-corrected chi connectivity index (χ2v) is 4.80. The number of ether oxygens (including phenoxy) is 1. The standard InChI is InChI=1S/C17H15N3O/c1-12-5-3-6-14(11-12)21-16-8-4-7-15(20-16)17-18-10-9-13(2)19-17/h3-11H,1-2H3. The average Bonchev–Trinajstić information content (AvgIpc) is 2.47. The van der Waals surface area contributed by atoms with Crippen LogP contribution in [-0.4, -0.2) is 15.0 Å². The van der Waals surface area contributed by atoms with Crippen molar-refractivity contribution in [3.05, 3.63) is 66.0 Å². The average molecular weight is 277 g/mol. The van der Waals surface area contributed by atoms with Crippen LogP contribution in [0.3, 0.4) is 0 Å². The lowest BCUT2D eigenvalue weighted by Crippen LogP contribution is -1.95. The van der Waals surface area contributed by atoms with Gasteiger partial charge in [0, 0.05) is 18.0 Å². The van der Waals surface area contributed by atoms with Gasteiger partial charge in [-0.15, -0.1) is 0 Å². The zero-order valence-corrected chi connectivity index (χ0v) is 11.9. The predicted octanol–water partition coefficient (Wildman–Crippen LogP) is 3.95. The van der Waals surface area contributed by atoms with Gasteiger partial charge in [-0.1, -0.05) is 18.2 Å². The molecule has 0 bridgehead atoms. The molecule has 2 heterocycles. The number of hydrogen-bond donors (Lipinski definition) is 0. The minimum Gasteiger partial charge on any atom is -0.439 e. The molecule has 0 radical (unpaired) electrons. The first-order valence-corrected chi connectivity index (χ1v) is 6.72. The summed E-state index contributed by atoms with van der Waals surface area (Å²) >= 11 is 0. The molecule has 2 aromatic heterocycles. The highest BCUT2D eigenvalue weighted by Gasteiger charge is 2.05. The van der Waals surface area contributed by atoms with Crippen LogP contribution in [0.4, 0.5) is 0 Å². The van der Waals surface area contributed by atoms with Crippen LogP contribution in [0.2, 0.25) is 0 Å². The maximum absolute atomic E-state index is 5.78. The lowest BCUT2D eigenvalue weighted by Gasteiger charge is -2.07. The van der Waals surface area contributed by atoms with Gasteiger partial charge >= 0.3 is 0 Å². The van der Waals surface area contributed by atoms with Gasteiger partial charge in [-0.2, -0.15) is 0 Å². The molecule has 0 saturated carbocycles. The largest absolute Gasteiger partial charge is 0.439 e. The monoisotopic (exact) mass is 277 g/mol. The van der Waals surface area contributed by atoms with Crippen molar-refractivity contribution in [2.45, 2.75) is 13.8 Å². The van der Waals surface area contributed by atoms with Gasteiger partial charge < -0.3 is 4.74 Å². The van der Waals surface area contributed by atoms with E-state index in [0.717, 1.165) is 17.0 Å². The highest BCUT2D eigenvalue weighted by Crippen LogP contribution is 2.22. The van der Waals surface area contributed by atoms with Crippen LogP contribution in [0.1, 0.15) is 11.3 Å². The summed E-state index contributed by atoms with van der Waals surface area (Å²) in [7, 11) is 0. The molecule has 0 aliphatic heterocycles. The van der Waals surface area contributed by atoms with Crippen molar-refractivity contribution < 1.29 is 4.74 Å². The van der Waals surface area contributed by atoms with Crippen molar-refractivity contribution >= 4 is 0 Å². The zero-order chi connectivity index (χ0) is 14.7. The Labute approximate surface area is 123 Å². The minimum absolute atomic E-state index is 0.531. The van der Waals surface area contributed by atoms with Crippen LogP contribution in [0.5, 0.6) is 11.6 Å². The predicted molar refractivity (Wildman–Crippen MR) is 81.3 cm³/mol. The number of hydrogen-bond acceptors (Lipinski definition) is 4. The summed E-state index contributed by atoms with van der Waals surface area (Å²) < 4.78 is 5.78. The van der Waals surface area contributed by atoms with E-state index in [2.05, 4.69) is 15.0 Å². The third-order valence-corrected chi connectivity index (χ3v) is 2.96. The Morgan fingerprint density at radius 1 is 0.905 bits per heavy atom. The van der Waals surface area contributed by atoms with E-state index in [1.54, 1.807) is 6.20 Å². The topological polar surface area (TPSA) is 47.9 Å². The normalized spacial score (nSPS) is 10.4. The molecule has 21 heavy (non-hydrogen) atoms. The van der Waals surface area contributed by atoms with Gasteiger partial charge in [0.05, 0.1) is 0 Å². The van der Waals surface area contributed by atoms with E-state index < -0.39 is 0 Å². The van der Waals surface area contributed by atoms with Crippen molar-refractivity contribution in [2.24, 2.45) is 0 Å². The van der Waals surface area contributed by atoms with Crippen molar-refractivity contribution in [3.8, 4) is 23.1 Å². The molecule has 4 nitrogen and oxygen atoms in total. The van der Waals surface area contributed by atoms with Gasteiger partial charge in [0.1, 0.15) is 11.4 Å². The van der Waals surface area contributed by atoms with Gasteiger partial charge in [0.15, 0.2) is 5.82 Å². The summed E-state index contributed by atoms with van der Waals surface area (Å²) in [6.07, 6.45) is 1.73. The molecule has 0 unspecified atom stereocenters. The van der Waals surface area contributed by atoms with Gasteiger partial charge in [-0.25, -0.2) is 15.0 Å². The molecule has 0 fully saturated rings. The molecule has 4 heteroatoms. The summed E-state index contributed by atoms with van der Waals surface area (Å²) in [5, 5.41) is 0.